The van der Waals surface area contributed by atoms with Crippen LogP contribution < -0.4 is 5.73 Å². The SMILES string of the molecule is Cc1cc(-c2[nH]c3ccc(-c4ccnc(N)c4)cc3c2C(C)C)ccn1. The maximum absolute atomic E-state index is 5.86. The lowest BCUT2D eigenvalue weighted by Crippen LogP contribution is -1.92. The number of aromatic nitrogens is 3. The van der Waals surface area contributed by atoms with Crippen molar-refractivity contribution < 1.29 is 0 Å². The van der Waals surface area contributed by atoms with E-state index in [2.05, 4.69) is 59.1 Å². The molecule has 0 unspecified atom stereocenters. The Hall–Kier alpha value is -3.14. The summed E-state index contributed by atoms with van der Waals surface area (Å²) in [4.78, 5) is 12.0. The zero-order chi connectivity index (χ0) is 18.3. The first-order valence-corrected chi connectivity index (χ1v) is 8.83. The molecule has 0 aliphatic carbocycles. The average Bonchev–Trinajstić information content (AvgIpc) is 3.00. The minimum Gasteiger partial charge on any atom is -0.384 e. The van der Waals surface area contributed by atoms with E-state index in [1.807, 2.05) is 25.3 Å². The standard InChI is InChI=1S/C22H22N4/c1-13(2)21-18-11-15(16-6-9-25-20(23)12-16)4-5-19(18)26-22(21)17-7-8-24-14(3)10-17/h4-13,26H,1-3H3,(H2,23,25). The first kappa shape index (κ1) is 16.3. The van der Waals surface area contributed by atoms with Crippen LogP contribution in [0.2, 0.25) is 0 Å². The van der Waals surface area contributed by atoms with Crippen molar-refractivity contribution in [2.45, 2.75) is 26.7 Å². The number of nitrogen functional groups attached to an aromatic ring is 1. The fraction of sp³-hybridized carbons (Fsp3) is 0.182. The van der Waals surface area contributed by atoms with Gasteiger partial charge in [-0.1, -0.05) is 19.9 Å². The number of hydrogen-bond donors (Lipinski definition) is 2. The molecule has 1 aromatic carbocycles. The number of nitrogens with one attached hydrogen (secondary N) is 1. The second-order valence-electron chi connectivity index (χ2n) is 6.98. The zero-order valence-corrected chi connectivity index (χ0v) is 15.2. The van der Waals surface area contributed by atoms with Crippen LogP contribution in [-0.2, 0) is 0 Å². The van der Waals surface area contributed by atoms with Crippen LogP contribution in [0, 0.1) is 6.92 Å². The van der Waals surface area contributed by atoms with E-state index in [0.29, 0.717) is 11.7 Å². The summed E-state index contributed by atoms with van der Waals surface area (Å²) in [6.45, 7) is 6.49. The summed E-state index contributed by atoms with van der Waals surface area (Å²) >= 11 is 0. The molecular formula is C22H22N4. The van der Waals surface area contributed by atoms with Gasteiger partial charge in [0.2, 0.25) is 0 Å². The molecule has 130 valence electrons. The number of aryl methyl sites for hydroxylation is 1. The molecule has 26 heavy (non-hydrogen) atoms. The highest BCUT2D eigenvalue weighted by Crippen LogP contribution is 2.37. The Labute approximate surface area is 153 Å². The maximum Gasteiger partial charge on any atom is 0.123 e. The molecule has 3 heterocycles. The molecule has 0 bridgehead atoms. The minimum absolute atomic E-state index is 0.394. The highest BCUT2D eigenvalue weighted by molar-refractivity contribution is 5.94. The van der Waals surface area contributed by atoms with E-state index in [1.54, 1.807) is 6.20 Å². The molecule has 0 aliphatic rings. The van der Waals surface area contributed by atoms with Crippen LogP contribution in [0.15, 0.2) is 54.9 Å². The summed E-state index contributed by atoms with van der Waals surface area (Å²) in [7, 11) is 0. The number of fused-ring (bicyclic) bond motifs is 1. The monoisotopic (exact) mass is 342 g/mol. The van der Waals surface area contributed by atoms with E-state index in [-0.39, 0.29) is 0 Å². The molecule has 3 aromatic heterocycles. The molecule has 4 heteroatoms. The first-order valence-electron chi connectivity index (χ1n) is 8.83. The highest BCUT2D eigenvalue weighted by Gasteiger charge is 2.17. The van der Waals surface area contributed by atoms with E-state index < -0.39 is 0 Å². The number of anilines is 1. The Bertz CT molecular complexity index is 1090. The van der Waals surface area contributed by atoms with Gasteiger partial charge < -0.3 is 10.7 Å². The summed E-state index contributed by atoms with van der Waals surface area (Å²) in [6, 6.07) is 14.6. The quantitative estimate of drug-likeness (QED) is 0.530. The Morgan fingerprint density at radius 1 is 0.885 bits per heavy atom. The summed E-state index contributed by atoms with van der Waals surface area (Å²) in [5, 5.41) is 1.25. The molecule has 4 rings (SSSR count). The molecule has 0 atom stereocenters. The van der Waals surface area contributed by atoms with Crippen LogP contribution >= 0.6 is 0 Å². The van der Waals surface area contributed by atoms with Crippen LogP contribution in [0.4, 0.5) is 5.82 Å². The smallest absolute Gasteiger partial charge is 0.123 e. The lowest BCUT2D eigenvalue weighted by Gasteiger charge is -2.10. The van der Waals surface area contributed by atoms with E-state index in [9.17, 15) is 0 Å². The van der Waals surface area contributed by atoms with Gasteiger partial charge in [-0.15, -0.1) is 0 Å². The van der Waals surface area contributed by atoms with E-state index in [0.717, 1.165) is 22.3 Å². The lowest BCUT2D eigenvalue weighted by molar-refractivity contribution is 0.878. The number of hydrogen-bond acceptors (Lipinski definition) is 3. The molecule has 0 saturated carbocycles. The van der Waals surface area contributed by atoms with Crippen molar-refractivity contribution in [1.29, 1.82) is 0 Å². The van der Waals surface area contributed by atoms with E-state index in [4.69, 9.17) is 5.73 Å². The normalized spacial score (nSPS) is 11.4. The Kier molecular flexibility index (Phi) is 3.96. The predicted molar refractivity (Wildman–Crippen MR) is 108 cm³/mol. The maximum atomic E-state index is 5.86. The topological polar surface area (TPSA) is 67.6 Å². The van der Waals surface area contributed by atoms with Gasteiger partial charge in [-0.3, -0.25) is 4.98 Å². The molecule has 4 aromatic rings. The molecule has 4 nitrogen and oxygen atoms in total. The number of H-pyrrole nitrogens is 1. The molecule has 0 radical (unpaired) electrons. The lowest BCUT2D eigenvalue weighted by atomic mass is 9.94. The molecular weight excluding hydrogens is 320 g/mol. The third kappa shape index (κ3) is 2.84. The Morgan fingerprint density at radius 2 is 1.62 bits per heavy atom. The third-order valence-electron chi connectivity index (χ3n) is 4.72. The number of rotatable bonds is 3. The van der Waals surface area contributed by atoms with Crippen molar-refractivity contribution in [3.05, 3.63) is 66.1 Å². The minimum atomic E-state index is 0.394. The van der Waals surface area contributed by atoms with Crippen LogP contribution in [-0.4, -0.2) is 15.0 Å². The number of aromatic amines is 1. The van der Waals surface area contributed by atoms with Gasteiger partial charge in [0, 0.05) is 34.6 Å². The number of benzene rings is 1. The number of pyridine rings is 2. The van der Waals surface area contributed by atoms with Crippen LogP contribution in [0.25, 0.3) is 33.3 Å². The Balaban J connectivity index is 1.94. The van der Waals surface area contributed by atoms with Crippen molar-refractivity contribution in [3.63, 3.8) is 0 Å². The van der Waals surface area contributed by atoms with Crippen molar-refractivity contribution in [2.24, 2.45) is 0 Å². The van der Waals surface area contributed by atoms with Crippen LogP contribution in [0.5, 0.6) is 0 Å². The van der Waals surface area contributed by atoms with Gasteiger partial charge in [0.25, 0.3) is 0 Å². The number of nitrogens with zero attached hydrogens (tertiary/aromatic N) is 2. The van der Waals surface area contributed by atoms with Crippen molar-refractivity contribution in [3.8, 4) is 22.4 Å². The van der Waals surface area contributed by atoms with Crippen molar-refractivity contribution in [1.82, 2.24) is 15.0 Å². The van der Waals surface area contributed by atoms with E-state index in [1.165, 1.54) is 22.2 Å². The van der Waals surface area contributed by atoms with E-state index >= 15 is 0 Å². The first-order chi connectivity index (χ1) is 12.5. The van der Waals surface area contributed by atoms with Gasteiger partial charge >= 0.3 is 0 Å². The molecule has 0 amide bonds. The summed E-state index contributed by atoms with van der Waals surface area (Å²) in [5.41, 5.74) is 13.9. The van der Waals surface area contributed by atoms with Gasteiger partial charge in [-0.2, -0.15) is 0 Å². The molecule has 0 fully saturated rings. The summed E-state index contributed by atoms with van der Waals surface area (Å²) in [5.74, 6) is 0.929. The van der Waals surface area contributed by atoms with Gasteiger partial charge in [0.1, 0.15) is 5.82 Å². The second-order valence-corrected chi connectivity index (χ2v) is 6.98. The Morgan fingerprint density at radius 3 is 2.35 bits per heavy atom. The summed E-state index contributed by atoms with van der Waals surface area (Å²) in [6.07, 6.45) is 3.62. The summed E-state index contributed by atoms with van der Waals surface area (Å²) < 4.78 is 0. The molecule has 0 aliphatic heterocycles. The van der Waals surface area contributed by atoms with Gasteiger partial charge in [0.15, 0.2) is 0 Å². The molecule has 3 N–H and O–H groups in total. The van der Waals surface area contributed by atoms with Gasteiger partial charge in [-0.05, 0) is 65.9 Å². The predicted octanol–water partition coefficient (Wildman–Crippen LogP) is 5.31. The van der Waals surface area contributed by atoms with Crippen molar-refractivity contribution in [2.75, 3.05) is 5.73 Å². The van der Waals surface area contributed by atoms with Crippen molar-refractivity contribution >= 4 is 16.7 Å². The number of nitrogens with two attached hydrogens (primary N) is 1. The molecule has 0 spiro atoms. The second kappa shape index (κ2) is 6.30. The zero-order valence-electron chi connectivity index (χ0n) is 15.2. The highest BCUT2D eigenvalue weighted by atomic mass is 14.8. The van der Waals surface area contributed by atoms with Crippen LogP contribution in [0.1, 0.15) is 31.0 Å². The van der Waals surface area contributed by atoms with Gasteiger partial charge in [-0.25, -0.2) is 4.98 Å². The fourth-order valence-electron chi connectivity index (χ4n) is 3.55. The largest absolute Gasteiger partial charge is 0.384 e. The van der Waals surface area contributed by atoms with Gasteiger partial charge in [0.05, 0.1) is 5.69 Å². The molecule has 0 saturated heterocycles. The fourth-order valence-corrected chi connectivity index (χ4v) is 3.55. The third-order valence-corrected chi connectivity index (χ3v) is 4.72. The van der Waals surface area contributed by atoms with Crippen LogP contribution in [0.3, 0.4) is 0 Å². The average molecular weight is 342 g/mol.